The number of hydrogen-bond acceptors (Lipinski definition) is 4. The molecule has 0 spiro atoms. The topological polar surface area (TPSA) is 71.2 Å². The monoisotopic (exact) mass is 250 g/mol. The fourth-order valence-corrected chi connectivity index (χ4v) is 3.01. The highest BCUT2D eigenvalue weighted by Gasteiger charge is 2.32. The second-order valence-corrected chi connectivity index (χ2v) is 5.41. The maximum absolute atomic E-state index is 11.1. The molecular formula is C12H18N4O2. The molecule has 2 atom stereocenters. The number of hydrogen-bond donors (Lipinski definition) is 1. The largest absolute Gasteiger partial charge is 0.481 e. The molecular weight excluding hydrogens is 232 g/mol. The molecule has 3 rings (SSSR count). The second-order valence-electron chi connectivity index (χ2n) is 5.41. The van der Waals surface area contributed by atoms with Crippen LogP contribution < -0.4 is 0 Å². The maximum Gasteiger partial charge on any atom is 0.306 e. The standard InChI is InChI=1S/C12H18N4O2/c1-15-5-4-9(7-15)16-11-6-8(12(17)18)2-3-10(11)13-14-16/h8-9H,2-7H2,1H3,(H,17,18)/t8-,9+/m1/s1. The highest BCUT2D eigenvalue weighted by Crippen LogP contribution is 2.28. The summed E-state index contributed by atoms with van der Waals surface area (Å²) in [6.45, 7) is 2.05. The normalized spacial score (nSPS) is 28.3. The van der Waals surface area contributed by atoms with Gasteiger partial charge >= 0.3 is 5.97 Å². The lowest BCUT2D eigenvalue weighted by Gasteiger charge is -2.21. The van der Waals surface area contributed by atoms with Crippen LogP contribution in [0.15, 0.2) is 0 Å². The second kappa shape index (κ2) is 4.35. The highest BCUT2D eigenvalue weighted by atomic mass is 16.4. The quantitative estimate of drug-likeness (QED) is 0.819. The number of likely N-dealkylation sites (N-methyl/N-ethyl adjacent to an activating group) is 1. The first-order valence-corrected chi connectivity index (χ1v) is 6.49. The molecule has 1 aliphatic heterocycles. The van der Waals surface area contributed by atoms with Gasteiger partial charge in [-0.25, -0.2) is 4.68 Å². The number of aromatic nitrogens is 3. The van der Waals surface area contributed by atoms with Gasteiger partial charge in [0, 0.05) is 13.0 Å². The number of carboxylic acid groups (broad SMARTS) is 1. The zero-order valence-electron chi connectivity index (χ0n) is 10.5. The number of fused-ring (bicyclic) bond motifs is 1. The lowest BCUT2D eigenvalue weighted by atomic mass is 9.89. The van der Waals surface area contributed by atoms with E-state index in [9.17, 15) is 4.79 Å². The van der Waals surface area contributed by atoms with E-state index in [1.807, 2.05) is 4.68 Å². The van der Waals surface area contributed by atoms with Crippen LogP contribution in [-0.4, -0.2) is 51.1 Å². The Hall–Kier alpha value is -1.43. The zero-order valence-corrected chi connectivity index (χ0v) is 10.5. The predicted molar refractivity (Wildman–Crippen MR) is 64.3 cm³/mol. The fourth-order valence-electron chi connectivity index (χ4n) is 3.01. The summed E-state index contributed by atoms with van der Waals surface area (Å²) in [4.78, 5) is 13.4. The Labute approximate surface area is 106 Å². The number of nitrogens with zero attached hydrogens (tertiary/aromatic N) is 4. The van der Waals surface area contributed by atoms with Crippen molar-refractivity contribution in [3.63, 3.8) is 0 Å². The first kappa shape index (κ1) is 11.6. The summed E-state index contributed by atoms with van der Waals surface area (Å²) in [5.41, 5.74) is 2.05. The Morgan fingerprint density at radius 3 is 2.94 bits per heavy atom. The van der Waals surface area contributed by atoms with Crippen molar-refractivity contribution >= 4 is 5.97 Å². The summed E-state index contributed by atoms with van der Waals surface area (Å²) in [5, 5.41) is 17.6. The molecule has 2 heterocycles. The van der Waals surface area contributed by atoms with E-state index in [1.165, 1.54) is 0 Å². The van der Waals surface area contributed by atoms with Crippen molar-refractivity contribution in [2.45, 2.75) is 31.7 Å². The maximum atomic E-state index is 11.1. The molecule has 0 aromatic carbocycles. The lowest BCUT2D eigenvalue weighted by molar-refractivity contribution is -0.142. The molecule has 1 aliphatic carbocycles. The minimum atomic E-state index is -0.697. The average molecular weight is 250 g/mol. The molecule has 1 fully saturated rings. The number of carboxylic acids is 1. The van der Waals surface area contributed by atoms with E-state index in [4.69, 9.17) is 5.11 Å². The van der Waals surface area contributed by atoms with Crippen LogP contribution >= 0.6 is 0 Å². The molecule has 1 aromatic rings. The summed E-state index contributed by atoms with van der Waals surface area (Å²) >= 11 is 0. The van der Waals surface area contributed by atoms with Crippen molar-refractivity contribution in [2.75, 3.05) is 20.1 Å². The van der Waals surface area contributed by atoms with Crippen molar-refractivity contribution in [3.8, 4) is 0 Å². The highest BCUT2D eigenvalue weighted by molar-refractivity contribution is 5.70. The van der Waals surface area contributed by atoms with Gasteiger partial charge in [-0.15, -0.1) is 5.10 Å². The number of rotatable bonds is 2. The van der Waals surface area contributed by atoms with Gasteiger partial charge in [0.05, 0.1) is 23.3 Å². The fraction of sp³-hybridized carbons (Fsp3) is 0.750. The van der Waals surface area contributed by atoms with Crippen LogP contribution in [0.4, 0.5) is 0 Å². The van der Waals surface area contributed by atoms with Crippen LogP contribution in [0.1, 0.15) is 30.3 Å². The molecule has 0 unspecified atom stereocenters. The van der Waals surface area contributed by atoms with Crippen LogP contribution in [0, 0.1) is 5.92 Å². The lowest BCUT2D eigenvalue weighted by Crippen LogP contribution is -2.26. The van der Waals surface area contributed by atoms with Crippen LogP contribution in [0.5, 0.6) is 0 Å². The molecule has 0 saturated carbocycles. The molecule has 2 aliphatic rings. The molecule has 6 heteroatoms. The SMILES string of the molecule is CN1CC[C@H](n2nnc3c2C[C@H](C(=O)O)CC3)C1. The van der Waals surface area contributed by atoms with Crippen molar-refractivity contribution in [1.82, 2.24) is 19.9 Å². The molecule has 1 aromatic heterocycles. The van der Waals surface area contributed by atoms with Crippen LogP contribution in [0.3, 0.4) is 0 Å². The van der Waals surface area contributed by atoms with E-state index in [1.54, 1.807) is 0 Å². The van der Waals surface area contributed by atoms with E-state index in [0.29, 0.717) is 18.9 Å². The molecule has 0 amide bonds. The first-order valence-electron chi connectivity index (χ1n) is 6.49. The van der Waals surface area contributed by atoms with E-state index in [2.05, 4.69) is 22.3 Å². The van der Waals surface area contributed by atoms with Crippen molar-refractivity contribution in [1.29, 1.82) is 0 Å². The number of carbonyl (C=O) groups is 1. The van der Waals surface area contributed by atoms with Gasteiger partial charge in [-0.3, -0.25) is 4.79 Å². The number of aliphatic carboxylic acids is 1. The average Bonchev–Trinajstić information content (AvgIpc) is 2.93. The van der Waals surface area contributed by atoms with Gasteiger partial charge in [0.1, 0.15) is 0 Å². The molecule has 1 N–H and O–H groups in total. The molecule has 18 heavy (non-hydrogen) atoms. The Bertz CT molecular complexity index is 471. The van der Waals surface area contributed by atoms with E-state index in [-0.39, 0.29) is 5.92 Å². The minimum absolute atomic E-state index is 0.270. The minimum Gasteiger partial charge on any atom is -0.481 e. The molecule has 98 valence electrons. The van der Waals surface area contributed by atoms with Gasteiger partial charge in [-0.05, 0) is 32.9 Å². The Kier molecular flexibility index (Phi) is 2.81. The van der Waals surface area contributed by atoms with Gasteiger partial charge in [0.25, 0.3) is 0 Å². The van der Waals surface area contributed by atoms with Crippen molar-refractivity contribution in [3.05, 3.63) is 11.4 Å². The summed E-state index contributed by atoms with van der Waals surface area (Å²) in [6.07, 6.45) is 3.09. The molecule has 1 saturated heterocycles. The first-order chi connectivity index (χ1) is 8.65. The van der Waals surface area contributed by atoms with Crippen LogP contribution in [0.2, 0.25) is 0 Å². The van der Waals surface area contributed by atoms with Crippen molar-refractivity contribution < 1.29 is 9.90 Å². The van der Waals surface area contributed by atoms with E-state index < -0.39 is 5.97 Å². The smallest absolute Gasteiger partial charge is 0.306 e. The van der Waals surface area contributed by atoms with Gasteiger partial charge in [-0.1, -0.05) is 5.21 Å². The Morgan fingerprint density at radius 1 is 1.44 bits per heavy atom. The summed E-state index contributed by atoms with van der Waals surface area (Å²) in [5.74, 6) is -0.967. The third-order valence-corrected chi connectivity index (χ3v) is 4.10. The van der Waals surface area contributed by atoms with Gasteiger partial charge in [0.15, 0.2) is 0 Å². The zero-order chi connectivity index (χ0) is 12.7. The van der Waals surface area contributed by atoms with Gasteiger partial charge < -0.3 is 10.0 Å². The summed E-state index contributed by atoms with van der Waals surface area (Å²) < 4.78 is 1.98. The van der Waals surface area contributed by atoms with Crippen molar-refractivity contribution in [2.24, 2.45) is 5.92 Å². The van der Waals surface area contributed by atoms with E-state index >= 15 is 0 Å². The Morgan fingerprint density at radius 2 is 2.28 bits per heavy atom. The predicted octanol–water partition coefficient (Wildman–Crippen LogP) is 0.344. The Balaban J connectivity index is 1.85. The van der Waals surface area contributed by atoms with E-state index in [0.717, 1.165) is 37.3 Å². The summed E-state index contributed by atoms with van der Waals surface area (Å²) in [6, 6.07) is 0.360. The number of likely N-dealkylation sites (tertiary alicyclic amines) is 1. The summed E-state index contributed by atoms with van der Waals surface area (Å²) in [7, 11) is 2.10. The molecule has 0 radical (unpaired) electrons. The third kappa shape index (κ3) is 1.90. The van der Waals surface area contributed by atoms with Crippen LogP contribution in [0.25, 0.3) is 0 Å². The van der Waals surface area contributed by atoms with Gasteiger partial charge in [0.2, 0.25) is 0 Å². The number of aryl methyl sites for hydroxylation is 1. The van der Waals surface area contributed by atoms with Gasteiger partial charge in [-0.2, -0.15) is 0 Å². The molecule has 6 nitrogen and oxygen atoms in total. The third-order valence-electron chi connectivity index (χ3n) is 4.10. The molecule has 0 bridgehead atoms. The van der Waals surface area contributed by atoms with Crippen LogP contribution in [-0.2, 0) is 17.6 Å².